The molecule has 0 aromatic heterocycles. The zero-order valence-corrected chi connectivity index (χ0v) is 21.4. The zero-order valence-electron chi connectivity index (χ0n) is 21.4. The van der Waals surface area contributed by atoms with E-state index < -0.39 is 12.1 Å². The maximum atomic E-state index is 13.0. The van der Waals surface area contributed by atoms with Crippen molar-refractivity contribution >= 4 is 24.0 Å². The van der Waals surface area contributed by atoms with E-state index >= 15 is 0 Å². The van der Waals surface area contributed by atoms with Gasteiger partial charge >= 0.3 is 0 Å². The molecule has 2 atom stereocenters. The molecule has 0 saturated heterocycles. The van der Waals surface area contributed by atoms with Crippen molar-refractivity contribution in [3.8, 4) is 22.3 Å². The molecule has 0 N–H and O–H groups in total. The topological polar surface area (TPSA) is 40.6 Å². The van der Waals surface area contributed by atoms with Gasteiger partial charge in [-0.2, -0.15) is 0 Å². The largest absolute Gasteiger partial charge is 0.309 e. The Balaban J connectivity index is 1.58. The minimum Gasteiger partial charge on any atom is -0.309 e. The quantitative estimate of drug-likeness (QED) is 0.295. The van der Waals surface area contributed by atoms with Gasteiger partial charge in [0, 0.05) is 26.2 Å². The summed E-state index contributed by atoms with van der Waals surface area (Å²) in [5, 5.41) is 0. The summed E-state index contributed by atoms with van der Waals surface area (Å²) < 4.78 is 0. The molecule has 0 bridgehead atoms. The van der Waals surface area contributed by atoms with Crippen LogP contribution in [0.4, 0.5) is 0 Å². The van der Waals surface area contributed by atoms with Crippen LogP contribution >= 0.6 is 0 Å². The molecule has 4 aromatic rings. The van der Waals surface area contributed by atoms with E-state index in [1.165, 1.54) is 0 Å². The first-order chi connectivity index (χ1) is 18.5. The van der Waals surface area contributed by atoms with Gasteiger partial charge in [0.25, 0.3) is 0 Å². The van der Waals surface area contributed by atoms with Crippen molar-refractivity contribution in [2.45, 2.75) is 25.9 Å². The first kappa shape index (κ1) is 23.7. The van der Waals surface area contributed by atoms with Crippen molar-refractivity contribution in [3.05, 3.63) is 132 Å². The Bertz CT molecular complexity index is 1470. The molecule has 0 unspecified atom stereocenters. The molecule has 2 aliphatic rings. The lowest BCUT2D eigenvalue weighted by atomic mass is 9.80. The number of hydrogen-bond acceptors (Lipinski definition) is 2. The van der Waals surface area contributed by atoms with Gasteiger partial charge in [-0.1, -0.05) is 97.1 Å². The Labute approximate surface area is 223 Å². The molecule has 0 saturated carbocycles. The minimum absolute atomic E-state index is 0.0687. The second-order valence-corrected chi connectivity index (χ2v) is 9.72. The number of amides is 2. The van der Waals surface area contributed by atoms with Gasteiger partial charge in [0.2, 0.25) is 11.8 Å². The van der Waals surface area contributed by atoms with Gasteiger partial charge in [0.15, 0.2) is 0 Å². The Hall–Kier alpha value is -4.70. The Kier molecular flexibility index (Phi) is 6.01. The van der Waals surface area contributed by atoms with E-state index in [4.69, 9.17) is 0 Å². The molecule has 6 rings (SSSR count). The van der Waals surface area contributed by atoms with E-state index in [-0.39, 0.29) is 11.8 Å². The molecule has 4 nitrogen and oxygen atoms in total. The van der Waals surface area contributed by atoms with Crippen molar-refractivity contribution in [2.75, 3.05) is 0 Å². The van der Waals surface area contributed by atoms with Crippen molar-refractivity contribution < 1.29 is 9.59 Å². The van der Waals surface area contributed by atoms with Crippen LogP contribution in [0.2, 0.25) is 0 Å². The summed E-state index contributed by atoms with van der Waals surface area (Å²) in [5.74, 6) is -0.137. The van der Waals surface area contributed by atoms with Gasteiger partial charge in [-0.3, -0.25) is 9.59 Å². The Morgan fingerprint density at radius 1 is 0.526 bits per heavy atom. The number of benzene rings is 4. The van der Waals surface area contributed by atoms with Crippen LogP contribution in [0, 0.1) is 0 Å². The van der Waals surface area contributed by atoms with E-state index in [0.717, 1.165) is 44.5 Å². The van der Waals surface area contributed by atoms with Crippen LogP contribution in [0.3, 0.4) is 0 Å². The predicted molar refractivity (Wildman–Crippen MR) is 152 cm³/mol. The van der Waals surface area contributed by atoms with Gasteiger partial charge in [0.1, 0.15) is 0 Å². The van der Waals surface area contributed by atoms with E-state index in [0.29, 0.717) is 0 Å². The highest BCUT2D eigenvalue weighted by Gasteiger charge is 2.41. The maximum absolute atomic E-state index is 13.0. The summed E-state index contributed by atoms with van der Waals surface area (Å²) in [6.45, 7) is 3.17. The summed E-state index contributed by atoms with van der Waals surface area (Å²) in [5.41, 5.74) is 8.61. The maximum Gasteiger partial charge on any atom is 0.224 e. The third kappa shape index (κ3) is 3.95. The number of hydrogen-bond donors (Lipinski definition) is 0. The van der Waals surface area contributed by atoms with E-state index in [9.17, 15) is 9.59 Å². The number of carbonyl (C=O) groups is 2. The number of rotatable bonds is 3. The van der Waals surface area contributed by atoms with Crippen LogP contribution in [-0.2, 0) is 9.59 Å². The number of carbonyl (C=O) groups excluding carboxylic acids is 2. The highest BCUT2D eigenvalue weighted by molar-refractivity contribution is 5.86. The summed E-state index contributed by atoms with van der Waals surface area (Å²) in [4.78, 5) is 29.6. The fraction of sp³-hybridized carbons (Fsp3) is 0.118. The lowest BCUT2D eigenvalue weighted by molar-refractivity contribution is -0.134. The smallest absolute Gasteiger partial charge is 0.224 e. The molecule has 2 amide bonds. The average Bonchev–Trinajstić information content (AvgIpc) is 2.96. The van der Waals surface area contributed by atoms with Gasteiger partial charge in [-0.25, -0.2) is 0 Å². The fourth-order valence-electron chi connectivity index (χ4n) is 5.83. The molecule has 186 valence electrons. The summed E-state index contributed by atoms with van der Waals surface area (Å²) >= 11 is 0. The molecule has 4 aromatic carbocycles. The lowest BCUT2D eigenvalue weighted by Gasteiger charge is -2.44. The molecule has 0 aliphatic carbocycles. The second-order valence-electron chi connectivity index (χ2n) is 9.72. The minimum atomic E-state index is -0.394. The van der Waals surface area contributed by atoms with Gasteiger partial charge < -0.3 is 9.80 Å². The predicted octanol–water partition coefficient (Wildman–Crippen LogP) is 7.47. The molecule has 38 heavy (non-hydrogen) atoms. The molecule has 0 spiro atoms. The molecule has 0 radical (unpaired) electrons. The highest BCUT2D eigenvalue weighted by atomic mass is 16.2. The van der Waals surface area contributed by atoms with Crippen LogP contribution < -0.4 is 0 Å². The van der Waals surface area contributed by atoms with Crippen molar-refractivity contribution in [1.29, 1.82) is 0 Å². The average molecular weight is 497 g/mol. The molecule has 2 heterocycles. The van der Waals surface area contributed by atoms with Crippen LogP contribution in [0.1, 0.15) is 48.2 Å². The fourth-order valence-corrected chi connectivity index (χ4v) is 5.83. The van der Waals surface area contributed by atoms with Gasteiger partial charge in [0.05, 0.1) is 12.1 Å². The lowest BCUT2D eigenvalue weighted by Crippen LogP contribution is -2.43. The first-order valence-electron chi connectivity index (χ1n) is 12.9. The van der Waals surface area contributed by atoms with Gasteiger partial charge in [-0.15, -0.1) is 0 Å². The molecular weight excluding hydrogens is 468 g/mol. The summed E-state index contributed by atoms with van der Waals surface area (Å²) in [6, 6.07) is 32.3. The van der Waals surface area contributed by atoms with Crippen LogP contribution in [0.5, 0.6) is 0 Å². The van der Waals surface area contributed by atoms with Crippen LogP contribution in [-0.4, -0.2) is 21.6 Å². The normalized spacial score (nSPS) is 17.6. The van der Waals surface area contributed by atoms with Crippen molar-refractivity contribution in [2.24, 2.45) is 0 Å². The first-order valence-corrected chi connectivity index (χ1v) is 12.9. The monoisotopic (exact) mass is 496 g/mol. The van der Waals surface area contributed by atoms with E-state index in [1.807, 2.05) is 73.1 Å². The Morgan fingerprint density at radius 3 is 1.29 bits per heavy atom. The zero-order chi connectivity index (χ0) is 26.2. The molecule has 2 aliphatic heterocycles. The van der Waals surface area contributed by atoms with Gasteiger partial charge in [-0.05, 0) is 56.7 Å². The van der Waals surface area contributed by atoms with E-state index in [2.05, 4.69) is 48.5 Å². The van der Waals surface area contributed by atoms with Crippen molar-refractivity contribution in [3.63, 3.8) is 0 Å². The molecule has 0 fully saturated rings. The van der Waals surface area contributed by atoms with Crippen molar-refractivity contribution in [1.82, 2.24) is 9.80 Å². The number of nitrogens with zero attached hydrogens (tertiary/aromatic N) is 2. The second kappa shape index (κ2) is 9.64. The highest BCUT2D eigenvalue weighted by Crippen LogP contribution is 2.48. The van der Waals surface area contributed by atoms with E-state index in [1.54, 1.807) is 23.6 Å². The van der Waals surface area contributed by atoms with Crippen LogP contribution in [0.25, 0.3) is 34.4 Å². The standard InChI is InChI=1S/C34H28N2O2/c1-23(37)35-21-19-29-27(25-11-5-3-6-12-25)15-9-17-31(29)33(35)34-32-18-10-16-28(26-13-7-4-8-14-26)30(32)20-22-36(34)24(2)38/h3-22,33-34H,1-2H3/t33-,34-/m0/s1. The summed E-state index contributed by atoms with van der Waals surface area (Å²) in [7, 11) is 0. The third-order valence-electron chi connectivity index (χ3n) is 7.52. The number of fused-ring (bicyclic) bond motifs is 2. The summed E-state index contributed by atoms with van der Waals surface area (Å²) in [6.07, 6.45) is 7.79. The third-order valence-corrected chi connectivity index (χ3v) is 7.52. The molecule has 4 heteroatoms. The van der Waals surface area contributed by atoms with Crippen LogP contribution in [0.15, 0.2) is 109 Å². The Morgan fingerprint density at radius 2 is 0.921 bits per heavy atom. The molecular formula is C34H28N2O2. The SMILES string of the molecule is CC(=O)N1C=Cc2c(-c3ccccc3)cccc2[C@H]1[C@@H]1c2cccc(-c3ccccc3)c2C=CN1C(C)=O.